The van der Waals surface area contributed by atoms with E-state index in [4.69, 9.17) is 22.1 Å². The van der Waals surface area contributed by atoms with Crippen molar-refractivity contribution >= 4 is 28.2 Å². The summed E-state index contributed by atoms with van der Waals surface area (Å²) in [7, 11) is 0. The molecule has 2 aromatic carbocycles. The number of hydrogen-bond donors (Lipinski definition) is 1. The summed E-state index contributed by atoms with van der Waals surface area (Å²) in [5.74, 6) is 1.27. The maximum atomic E-state index is 6.17. The first-order chi connectivity index (χ1) is 9.65. The predicted molar refractivity (Wildman–Crippen MR) is 82.4 cm³/mol. The van der Waals surface area contributed by atoms with Crippen molar-refractivity contribution in [1.82, 2.24) is 4.98 Å². The van der Waals surface area contributed by atoms with E-state index in [0.29, 0.717) is 22.2 Å². The lowest BCUT2D eigenvalue weighted by Crippen LogP contribution is -1.94. The number of rotatable bonds is 2. The van der Waals surface area contributed by atoms with Gasteiger partial charge < -0.3 is 10.5 Å². The van der Waals surface area contributed by atoms with Gasteiger partial charge in [0.1, 0.15) is 5.52 Å². The molecule has 20 heavy (non-hydrogen) atoms. The van der Waals surface area contributed by atoms with Gasteiger partial charge in [0.05, 0.1) is 10.7 Å². The molecule has 100 valence electrons. The van der Waals surface area contributed by atoms with Gasteiger partial charge >= 0.3 is 0 Å². The molecule has 0 saturated carbocycles. The Kier molecular flexibility index (Phi) is 3.20. The smallest absolute Gasteiger partial charge is 0.153 e. The summed E-state index contributed by atoms with van der Waals surface area (Å²) < 4.78 is 5.91. The average molecular weight is 285 g/mol. The van der Waals surface area contributed by atoms with Crippen LogP contribution < -0.4 is 10.5 Å². The topological polar surface area (TPSA) is 48.1 Å². The number of nitrogen functional groups attached to an aromatic ring is 1. The molecule has 0 fully saturated rings. The Morgan fingerprint density at radius 1 is 1.10 bits per heavy atom. The van der Waals surface area contributed by atoms with Crippen molar-refractivity contribution in [3.05, 3.63) is 59.2 Å². The summed E-state index contributed by atoms with van der Waals surface area (Å²) in [5.41, 5.74) is 8.34. The van der Waals surface area contributed by atoms with E-state index in [1.807, 2.05) is 37.3 Å². The van der Waals surface area contributed by atoms with Crippen molar-refractivity contribution < 1.29 is 4.74 Å². The van der Waals surface area contributed by atoms with Crippen LogP contribution in [0.3, 0.4) is 0 Å². The quantitative estimate of drug-likeness (QED) is 0.701. The van der Waals surface area contributed by atoms with Crippen molar-refractivity contribution in [3.8, 4) is 11.5 Å². The monoisotopic (exact) mass is 284 g/mol. The van der Waals surface area contributed by atoms with Crippen LogP contribution in [0.4, 0.5) is 5.69 Å². The summed E-state index contributed by atoms with van der Waals surface area (Å²) in [5, 5.41) is 1.51. The van der Waals surface area contributed by atoms with Gasteiger partial charge in [0.2, 0.25) is 0 Å². The van der Waals surface area contributed by atoms with Gasteiger partial charge in [-0.05, 0) is 48.9 Å². The lowest BCUT2D eigenvalue weighted by molar-refractivity contribution is 0.489. The van der Waals surface area contributed by atoms with Crippen LogP contribution in [-0.4, -0.2) is 4.98 Å². The Morgan fingerprint density at radius 3 is 2.80 bits per heavy atom. The van der Waals surface area contributed by atoms with Gasteiger partial charge in [0.25, 0.3) is 0 Å². The largest absolute Gasteiger partial charge is 0.453 e. The third-order valence-electron chi connectivity index (χ3n) is 3.07. The van der Waals surface area contributed by atoms with Crippen LogP contribution >= 0.6 is 11.6 Å². The van der Waals surface area contributed by atoms with E-state index in [0.717, 1.165) is 16.5 Å². The molecule has 2 N–H and O–H groups in total. The summed E-state index contributed by atoms with van der Waals surface area (Å²) >= 11 is 6.17. The fourth-order valence-corrected chi connectivity index (χ4v) is 2.26. The Hall–Kier alpha value is -2.26. The van der Waals surface area contributed by atoms with Gasteiger partial charge in [-0.15, -0.1) is 0 Å². The first-order valence-electron chi connectivity index (χ1n) is 6.22. The molecule has 0 saturated heterocycles. The van der Waals surface area contributed by atoms with Crippen LogP contribution in [0.5, 0.6) is 11.5 Å². The number of aromatic nitrogens is 1. The van der Waals surface area contributed by atoms with Crippen molar-refractivity contribution in [2.75, 3.05) is 5.73 Å². The molecule has 1 heterocycles. The first-order valence-corrected chi connectivity index (χ1v) is 6.60. The van der Waals surface area contributed by atoms with Crippen molar-refractivity contribution in [1.29, 1.82) is 0 Å². The number of ether oxygens (including phenoxy) is 1. The van der Waals surface area contributed by atoms with Gasteiger partial charge in [-0.25, -0.2) is 0 Å². The van der Waals surface area contributed by atoms with Crippen LogP contribution in [-0.2, 0) is 0 Å². The SMILES string of the molecule is Cc1ccc(N)c(Oc2ccc(Cl)c3cccnc23)c1. The van der Waals surface area contributed by atoms with Crippen LogP contribution in [0, 0.1) is 6.92 Å². The Balaban J connectivity index is 2.11. The van der Waals surface area contributed by atoms with E-state index < -0.39 is 0 Å². The summed E-state index contributed by atoms with van der Waals surface area (Å²) in [6.07, 6.45) is 1.71. The van der Waals surface area contributed by atoms with Crippen LogP contribution in [0.1, 0.15) is 5.56 Å². The molecule has 0 amide bonds. The van der Waals surface area contributed by atoms with Gasteiger partial charge in [-0.1, -0.05) is 17.7 Å². The second-order valence-corrected chi connectivity index (χ2v) is 5.00. The lowest BCUT2D eigenvalue weighted by atomic mass is 10.2. The molecular formula is C16H13ClN2O. The highest BCUT2D eigenvalue weighted by atomic mass is 35.5. The molecule has 3 rings (SSSR count). The van der Waals surface area contributed by atoms with E-state index >= 15 is 0 Å². The minimum absolute atomic E-state index is 0.592. The summed E-state index contributed by atoms with van der Waals surface area (Å²) in [4.78, 5) is 4.34. The third-order valence-corrected chi connectivity index (χ3v) is 3.40. The molecule has 0 atom stereocenters. The second-order valence-electron chi connectivity index (χ2n) is 4.59. The number of pyridine rings is 1. The fraction of sp³-hybridized carbons (Fsp3) is 0.0625. The summed E-state index contributed by atoms with van der Waals surface area (Å²) in [6.45, 7) is 1.99. The number of fused-ring (bicyclic) bond motifs is 1. The van der Waals surface area contributed by atoms with E-state index in [2.05, 4.69) is 4.98 Å². The molecule has 0 unspecified atom stereocenters. The average Bonchev–Trinajstić information content (AvgIpc) is 2.46. The van der Waals surface area contributed by atoms with E-state index in [1.54, 1.807) is 18.3 Å². The zero-order valence-electron chi connectivity index (χ0n) is 10.9. The second kappa shape index (κ2) is 5.02. The number of halogens is 1. The van der Waals surface area contributed by atoms with Gasteiger partial charge in [0, 0.05) is 11.6 Å². The zero-order chi connectivity index (χ0) is 14.1. The lowest BCUT2D eigenvalue weighted by Gasteiger charge is -2.11. The van der Waals surface area contributed by atoms with Gasteiger partial charge in [-0.3, -0.25) is 4.98 Å². The molecule has 3 aromatic rings. The first kappa shape index (κ1) is 12.8. The maximum absolute atomic E-state index is 6.17. The normalized spacial score (nSPS) is 10.7. The Bertz CT molecular complexity index is 787. The Labute approximate surface area is 122 Å². The molecule has 0 spiro atoms. The van der Waals surface area contributed by atoms with Crippen molar-refractivity contribution in [3.63, 3.8) is 0 Å². The zero-order valence-corrected chi connectivity index (χ0v) is 11.7. The molecule has 1 aromatic heterocycles. The van der Waals surface area contributed by atoms with Crippen LogP contribution in [0.2, 0.25) is 5.02 Å². The van der Waals surface area contributed by atoms with Crippen molar-refractivity contribution in [2.24, 2.45) is 0 Å². The molecule has 0 aliphatic carbocycles. The molecule has 0 aliphatic rings. The van der Waals surface area contributed by atoms with Crippen LogP contribution in [0.25, 0.3) is 10.9 Å². The number of nitrogens with two attached hydrogens (primary N) is 1. The maximum Gasteiger partial charge on any atom is 0.153 e. The minimum atomic E-state index is 0.592. The number of nitrogens with zero attached hydrogens (tertiary/aromatic N) is 1. The van der Waals surface area contributed by atoms with Crippen LogP contribution in [0.15, 0.2) is 48.7 Å². The van der Waals surface area contributed by atoms with E-state index in [1.165, 1.54) is 0 Å². The van der Waals surface area contributed by atoms with Crippen molar-refractivity contribution in [2.45, 2.75) is 6.92 Å². The predicted octanol–water partition coefficient (Wildman–Crippen LogP) is 4.57. The number of hydrogen-bond acceptors (Lipinski definition) is 3. The standard InChI is InChI=1S/C16H13ClN2O/c1-10-4-6-13(18)15(9-10)20-14-7-5-12(17)11-3-2-8-19-16(11)14/h2-9H,18H2,1H3. The molecule has 0 aliphatic heterocycles. The fourth-order valence-electron chi connectivity index (χ4n) is 2.04. The third kappa shape index (κ3) is 2.28. The molecule has 3 nitrogen and oxygen atoms in total. The molecule has 0 radical (unpaired) electrons. The Morgan fingerprint density at radius 2 is 1.95 bits per heavy atom. The van der Waals surface area contributed by atoms with E-state index in [-0.39, 0.29) is 0 Å². The highest BCUT2D eigenvalue weighted by molar-refractivity contribution is 6.35. The molecule has 0 bridgehead atoms. The number of benzene rings is 2. The number of anilines is 1. The highest BCUT2D eigenvalue weighted by Crippen LogP contribution is 2.34. The van der Waals surface area contributed by atoms with Gasteiger partial charge in [-0.2, -0.15) is 0 Å². The number of aryl methyl sites for hydroxylation is 1. The summed E-state index contributed by atoms with van der Waals surface area (Å²) in [6, 6.07) is 13.0. The minimum Gasteiger partial charge on any atom is -0.453 e. The molecular weight excluding hydrogens is 272 g/mol. The van der Waals surface area contributed by atoms with Gasteiger partial charge in [0.15, 0.2) is 11.5 Å². The highest BCUT2D eigenvalue weighted by Gasteiger charge is 2.09. The molecule has 4 heteroatoms. The van der Waals surface area contributed by atoms with E-state index in [9.17, 15) is 0 Å².